The summed E-state index contributed by atoms with van der Waals surface area (Å²) in [5.74, 6) is 0.271. The number of carbonyl (C=O) groups is 1. The number of carbonyl (C=O) groups excluding carboxylic acids is 1. The highest BCUT2D eigenvalue weighted by Gasteiger charge is 2.23. The second kappa shape index (κ2) is 8.78. The van der Waals surface area contributed by atoms with E-state index in [1.165, 1.54) is 11.1 Å². The number of benzene rings is 2. The van der Waals surface area contributed by atoms with Crippen molar-refractivity contribution in [3.8, 4) is 10.4 Å². The normalized spacial score (nSPS) is 14.1. The van der Waals surface area contributed by atoms with Crippen LogP contribution in [0.15, 0.2) is 48.5 Å². The van der Waals surface area contributed by atoms with Gasteiger partial charge >= 0.3 is 0 Å². The maximum absolute atomic E-state index is 12.4. The molecule has 1 saturated carbocycles. The van der Waals surface area contributed by atoms with Gasteiger partial charge in [0, 0.05) is 18.2 Å². The maximum atomic E-state index is 12.4. The Hall–Kier alpha value is -2.66. The molecule has 4 rings (SSSR count). The predicted octanol–water partition coefficient (Wildman–Crippen LogP) is 6.17. The van der Waals surface area contributed by atoms with E-state index in [2.05, 4.69) is 65.0 Å². The topological polar surface area (TPSA) is 54.0 Å². The van der Waals surface area contributed by atoms with Crippen molar-refractivity contribution in [2.45, 2.75) is 46.1 Å². The molecule has 3 aromatic rings. The van der Waals surface area contributed by atoms with Crippen LogP contribution in [0.25, 0.3) is 10.4 Å². The number of aryl methyl sites for hydroxylation is 2. The zero-order valence-electron chi connectivity index (χ0n) is 17.0. The first-order valence-electron chi connectivity index (χ1n) is 10.3. The van der Waals surface area contributed by atoms with E-state index in [0.29, 0.717) is 5.13 Å². The Balaban J connectivity index is 1.50. The summed E-state index contributed by atoms with van der Waals surface area (Å²) in [5, 5.41) is 7.29. The second-order valence-corrected chi connectivity index (χ2v) is 8.77. The number of amides is 1. The maximum Gasteiger partial charge on any atom is 0.229 e. The fourth-order valence-electron chi connectivity index (χ4n) is 3.86. The molecule has 0 saturated heterocycles. The summed E-state index contributed by atoms with van der Waals surface area (Å²) in [6.45, 7) is 4.91. The summed E-state index contributed by atoms with van der Waals surface area (Å²) in [4.78, 5) is 18.2. The summed E-state index contributed by atoms with van der Waals surface area (Å²) in [5.41, 5.74) is 5.66. The third-order valence-corrected chi connectivity index (χ3v) is 6.70. The fourth-order valence-corrected chi connectivity index (χ4v) is 4.83. The lowest BCUT2D eigenvalue weighted by atomic mass is 10.1. The number of thiazole rings is 1. The molecule has 1 amide bonds. The number of nitrogens with zero attached hydrogens (tertiary/aromatic N) is 1. The van der Waals surface area contributed by atoms with E-state index in [9.17, 15) is 4.79 Å². The van der Waals surface area contributed by atoms with Gasteiger partial charge in [0.1, 0.15) is 0 Å². The quantitative estimate of drug-likeness (QED) is 0.516. The lowest BCUT2D eigenvalue weighted by Crippen LogP contribution is -2.20. The van der Waals surface area contributed by atoms with Gasteiger partial charge in [0.15, 0.2) is 5.13 Å². The minimum atomic E-state index is 0.122. The van der Waals surface area contributed by atoms with Gasteiger partial charge in [-0.25, -0.2) is 4.98 Å². The molecule has 2 aromatic carbocycles. The molecule has 1 heterocycles. The van der Waals surface area contributed by atoms with Crippen molar-refractivity contribution in [1.82, 2.24) is 4.98 Å². The first-order chi connectivity index (χ1) is 14.1. The van der Waals surface area contributed by atoms with Crippen LogP contribution in [0.1, 0.15) is 42.5 Å². The van der Waals surface area contributed by atoms with E-state index in [-0.39, 0.29) is 11.8 Å². The molecule has 0 bridgehead atoms. The molecule has 0 spiro atoms. The van der Waals surface area contributed by atoms with Gasteiger partial charge in [-0.05, 0) is 49.4 Å². The van der Waals surface area contributed by atoms with Crippen molar-refractivity contribution in [2.24, 2.45) is 5.92 Å². The largest absolute Gasteiger partial charge is 0.381 e. The molecule has 1 aromatic heterocycles. The standard InChI is InChI=1S/C24H27N3OS/c1-16-12-13-20(14-21(16)25-15-18-8-4-3-5-9-18)22-17(2)26-24(29-22)27-23(28)19-10-6-7-11-19/h3-5,8-9,12-14,19,25H,6-7,10-11,15H2,1-2H3,(H,26,27,28). The zero-order chi connectivity index (χ0) is 20.2. The van der Waals surface area contributed by atoms with E-state index in [1.54, 1.807) is 11.3 Å². The predicted molar refractivity (Wildman–Crippen MR) is 121 cm³/mol. The molecule has 0 aliphatic heterocycles. The number of hydrogen-bond acceptors (Lipinski definition) is 4. The minimum absolute atomic E-state index is 0.122. The smallest absolute Gasteiger partial charge is 0.229 e. The molecule has 0 radical (unpaired) electrons. The van der Waals surface area contributed by atoms with Crippen molar-refractivity contribution in [2.75, 3.05) is 10.6 Å². The van der Waals surface area contributed by atoms with Gasteiger partial charge in [-0.1, -0.05) is 66.6 Å². The van der Waals surface area contributed by atoms with Crippen LogP contribution in [-0.4, -0.2) is 10.9 Å². The van der Waals surface area contributed by atoms with Crippen LogP contribution in [0.3, 0.4) is 0 Å². The molecule has 5 heteroatoms. The van der Waals surface area contributed by atoms with Gasteiger partial charge in [0.2, 0.25) is 5.91 Å². The summed E-state index contributed by atoms with van der Waals surface area (Å²) in [6.07, 6.45) is 4.31. The van der Waals surface area contributed by atoms with E-state index >= 15 is 0 Å². The van der Waals surface area contributed by atoms with E-state index in [1.807, 2.05) is 13.0 Å². The molecule has 4 nitrogen and oxygen atoms in total. The highest BCUT2D eigenvalue weighted by Crippen LogP contribution is 2.35. The lowest BCUT2D eigenvalue weighted by Gasteiger charge is -2.11. The van der Waals surface area contributed by atoms with Crippen LogP contribution >= 0.6 is 11.3 Å². The lowest BCUT2D eigenvalue weighted by molar-refractivity contribution is -0.119. The van der Waals surface area contributed by atoms with Crippen LogP contribution in [0.5, 0.6) is 0 Å². The Labute approximate surface area is 176 Å². The average molecular weight is 406 g/mol. The summed E-state index contributed by atoms with van der Waals surface area (Å²) < 4.78 is 0. The van der Waals surface area contributed by atoms with E-state index in [0.717, 1.165) is 54.0 Å². The monoisotopic (exact) mass is 405 g/mol. The summed E-state index contributed by atoms with van der Waals surface area (Å²) >= 11 is 1.56. The SMILES string of the molecule is Cc1ccc(-c2sc(NC(=O)C3CCCC3)nc2C)cc1NCc1ccccc1. The molecular formula is C24H27N3OS. The van der Waals surface area contributed by atoms with Crippen LogP contribution in [0.4, 0.5) is 10.8 Å². The van der Waals surface area contributed by atoms with Gasteiger partial charge in [-0.15, -0.1) is 0 Å². The number of aromatic nitrogens is 1. The van der Waals surface area contributed by atoms with Gasteiger partial charge in [0.05, 0.1) is 10.6 Å². The first kappa shape index (κ1) is 19.6. The number of anilines is 2. The molecule has 1 aliphatic rings. The van der Waals surface area contributed by atoms with Crippen LogP contribution in [-0.2, 0) is 11.3 Å². The van der Waals surface area contributed by atoms with Crippen LogP contribution < -0.4 is 10.6 Å². The summed E-state index contributed by atoms with van der Waals surface area (Å²) in [6, 6.07) is 16.8. The first-order valence-corrected chi connectivity index (χ1v) is 11.1. The minimum Gasteiger partial charge on any atom is -0.381 e. The van der Waals surface area contributed by atoms with Crippen molar-refractivity contribution in [3.05, 3.63) is 65.4 Å². The van der Waals surface area contributed by atoms with E-state index < -0.39 is 0 Å². The highest BCUT2D eigenvalue weighted by atomic mass is 32.1. The zero-order valence-corrected chi connectivity index (χ0v) is 17.8. The molecule has 1 fully saturated rings. The van der Waals surface area contributed by atoms with Crippen molar-refractivity contribution in [1.29, 1.82) is 0 Å². The summed E-state index contributed by atoms with van der Waals surface area (Å²) in [7, 11) is 0. The number of rotatable bonds is 6. The van der Waals surface area contributed by atoms with Gasteiger partial charge in [-0.3, -0.25) is 4.79 Å². The Morgan fingerprint density at radius 2 is 1.86 bits per heavy atom. The third-order valence-electron chi connectivity index (χ3n) is 5.58. The van der Waals surface area contributed by atoms with E-state index in [4.69, 9.17) is 0 Å². The number of hydrogen-bond donors (Lipinski definition) is 2. The molecule has 0 unspecified atom stereocenters. The molecule has 150 valence electrons. The average Bonchev–Trinajstić information content (AvgIpc) is 3.38. The molecular weight excluding hydrogens is 378 g/mol. The van der Waals surface area contributed by atoms with Crippen LogP contribution in [0.2, 0.25) is 0 Å². The van der Waals surface area contributed by atoms with Gasteiger partial charge < -0.3 is 10.6 Å². The molecule has 0 atom stereocenters. The van der Waals surface area contributed by atoms with Crippen molar-refractivity contribution >= 4 is 28.1 Å². The van der Waals surface area contributed by atoms with Crippen molar-refractivity contribution < 1.29 is 4.79 Å². The Morgan fingerprint density at radius 1 is 1.10 bits per heavy atom. The molecule has 2 N–H and O–H groups in total. The van der Waals surface area contributed by atoms with Crippen LogP contribution in [0, 0.1) is 19.8 Å². The fraction of sp³-hybridized carbons (Fsp3) is 0.333. The highest BCUT2D eigenvalue weighted by molar-refractivity contribution is 7.19. The second-order valence-electron chi connectivity index (χ2n) is 7.77. The molecule has 29 heavy (non-hydrogen) atoms. The Morgan fingerprint density at radius 3 is 2.62 bits per heavy atom. The third kappa shape index (κ3) is 4.67. The number of nitrogens with one attached hydrogen (secondary N) is 2. The Bertz CT molecular complexity index is 991. The van der Waals surface area contributed by atoms with Crippen molar-refractivity contribution in [3.63, 3.8) is 0 Å². The Kier molecular flexibility index (Phi) is 5.95. The van der Waals surface area contributed by atoms with Gasteiger partial charge in [-0.2, -0.15) is 0 Å². The van der Waals surface area contributed by atoms with Gasteiger partial charge in [0.25, 0.3) is 0 Å². The molecule has 1 aliphatic carbocycles.